The summed E-state index contributed by atoms with van der Waals surface area (Å²) in [6, 6.07) is 15.2. The van der Waals surface area contributed by atoms with Crippen molar-refractivity contribution < 1.29 is 28.5 Å². The molecule has 0 unspecified atom stereocenters. The zero-order valence-electron chi connectivity index (χ0n) is 15.1. The van der Waals surface area contributed by atoms with Gasteiger partial charge in [-0.15, -0.1) is 0 Å². The van der Waals surface area contributed by atoms with Gasteiger partial charge in [0, 0.05) is 12.2 Å². The molecule has 0 fully saturated rings. The summed E-state index contributed by atoms with van der Waals surface area (Å²) in [4.78, 5) is 22.1. The van der Waals surface area contributed by atoms with E-state index in [4.69, 9.17) is 18.9 Å². The van der Waals surface area contributed by atoms with E-state index in [1.54, 1.807) is 0 Å². The minimum atomic E-state index is -0.538. The van der Waals surface area contributed by atoms with E-state index in [0.29, 0.717) is 11.5 Å². The van der Waals surface area contributed by atoms with Gasteiger partial charge in [0.1, 0.15) is 11.5 Å². The highest BCUT2D eigenvalue weighted by Crippen LogP contribution is 2.30. The van der Waals surface area contributed by atoms with Gasteiger partial charge in [0.15, 0.2) is 0 Å². The van der Waals surface area contributed by atoms with Crippen LogP contribution in [-0.4, -0.2) is 25.5 Å². The van der Waals surface area contributed by atoms with Crippen molar-refractivity contribution in [2.24, 2.45) is 0 Å². The number of hydrogen-bond acceptors (Lipinski definition) is 6. The molecule has 6 heteroatoms. The Morgan fingerprint density at radius 2 is 1.14 bits per heavy atom. The lowest BCUT2D eigenvalue weighted by Gasteiger charge is -2.10. The number of rotatable bonds is 8. The molecule has 0 radical (unpaired) electrons. The number of ether oxygens (including phenoxy) is 4. The van der Waals surface area contributed by atoms with Crippen LogP contribution in [0.15, 0.2) is 73.8 Å². The Morgan fingerprint density at radius 3 is 1.54 bits per heavy atom. The van der Waals surface area contributed by atoms with E-state index in [0.717, 1.165) is 33.7 Å². The van der Waals surface area contributed by atoms with Gasteiger partial charge in [0.25, 0.3) is 0 Å². The highest BCUT2D eigenvalue weighted by Gasteiger charge is 2.05. The van der Waals surface area contributed by atoms with Crippen molar-refractivity contribution in [1.82, 2.24) is 0 Å². The van der Waals surface area contributed by atoms with Crippen LogP contribution in [0.1, 0.15) is 0 Å². The van der Waals surface area contributed by atoms with Crippen molar-refractivity contribution >= 4 is 33.5 Å². The molecule has 0 spiro atoms. The van der Waals surface area contributed by atoms with Crippen molar-refractivity contribution in [2.75, 3.05) is 13.6 Å². The molecule has 0 amide bonds. The molecule has 0 bridgehead atoms. The molecule has 0 N–H and O–H groups in total. The SMILES string of the molecule is C=CC(=O)OCOc1ccc2c(ccc3cc(OCOC(=O)C=C)ccc32)c1. The third-order valence-electron chi connectivity index (χ3n) is 3.97. The van der Waals surface area contributed by atoms with Gasteiger partial charge in [-0.2, -0.15) is 0 Å². The second kappa shape index (κ2) is 8.73. The minimum Gasteiger partial charge on any atom is -0.457 e. The van der Waals surface area contributed by atoms with Crippen LogP contribution in [0.5, 0.6) is 11.5 Å². The van der Waals surface area contributed by atoms with Gasteiger partial charge in [-0.1, -0.05) is 37.4 Å². The van der Waals surface area contributed by atoms with Gasteiger partial charge in [0.2, 0.25) is 13.6 Å². The summed E-state index contributed by atoms with van der Waals surface area (Å²) in [7, 11) is 0. The molecule has 3 aromatic carbocycles. The van der Waals surface area contributed by atoms with Gasteiger partial charge < -0.3 is 18.9 Å². The topological polar surface area (TPSA) is 71.1 Å². The fraction of sp³-hybridized carbons (Fsp3) is 0.0909. The van der Waals surface area contributed by atoms with E-state index in [1.807, 2.05) is 48.5 Å². The number of esters is 2. The number of fused-ring (bicyclic) bond motifs is 3. The lowest BCUT2D eigenvalue weighted by atomic mass is 10.0. The van der Waals surface area contributed by atoms with Crippen LogP contribution in [0, 0.1) is 0 Å². The maximum absolute atomic E-state index is 11.0. The molecule has 0 heterocycles. The lowest BCUT2D eigenvalue weighted by Crippen LogP contribution is -2.07. The normalized spacial score (nSPS) is 10.3. The second-order valence-electron chi connectivity index (χ2n) is 5.69. The highest BCUT2D eigenvalue weighted by atomic mass is 16.7. The van der Waals surface area contributed by atoms with Crippen LogP contribution in [0.4, 0.5) is 0 Å². The van der Waals surface area contributed by atoms with Crippen LogP contribution < -0.4 is 9.47 Å². The van der Waals surface area contributed by atoms with Crippen molar-refractivity contribution in [2.45, 2.75) is 0 Å². The zero-order chi connectivity index (χ0) is 19.9. The molecular formula is C22H18O6. The predicted octanol–water partition coefficient (Wildman–Crippen LogP) is 4.12. The monoisotopic (exact) mass is 378 g/mol. The zero-order valence-corrected chi connectivity index (χ0v) is 15.1. The number of carbonyl (C=O) groups is 2. The summed E-state index contributed by atoms with van der Waals surface area (Å²) in [6.45, 7) is 6.29. The minimum absolute atomic E-state index is 0.179. The van der Waals surface area contributed by atoms with E-state index < -0.39 is 11.9 Å². The first-order chi connectivity index (χ1) is 13.6. The third-order valence-corrected chi connectivity index (χ3v) is 3.97. The fourth-order valence-electron chi connectivity index (χ4n) is 2.64. The largest absolute Gasteiger partial charge is 0.457 e. The fourth-order valence-corrected chi connectivity index (χ4v) is 2.64. The molecule has 6 nitrogen and oxygen atoms in total. The summed E-state index contributed by atoms with van der Waals surface area (Å²) < 4.78 is 20.5. The lowest BCUT2D eigenvalue weighted by molar-refractivity contribution is -0.145. The standard InChI is InChI=1S/C22H18O6/c1-3-21(23)27-13-25-17-7-9-19-15(11-17)5-6-16-12-18(8-10-20(16)19)26-14-28-22(24)4-2/h3-12H,1-2,13-14H2. The van der Waals surface area contributed by atoms with Crippen molar-refractivity contribution in [3.63, 3.8) is 0 Å². The van der Waals surface area contributed by atoms with E-state index in [-0.39, 0.29) is 13.6 Å². The average molecular weight is 378 g/mol. The molecule has 0 aliphatic carbocycles. The Morgan fingerprint density at radius 1 is 0.714 bits per heavy atom. The molecular weight excluding hydrogens is 360 g/mol. The Kier molecular flexibility index (Phi) is 5.91. The molecule has 0 saturated carbocycles. The predicted molar refractivity (Wildman–Crippen MR) is 105 cm³/mol. The van der Waals surface area contributed by atoms with E-state index in [1.165, 1.54) is 0 Å². The van der Waals surface area contributed by atoms with Gasteiger partial charge in [-0.3, -0.25) is 0 Å². The second-order valence-corrected chi connectivity index (χ2v) is 5.69. The molecule has 0 aliphatic heterocycles. The smallest absolute Gasteiger partial charge is 0.333 e. The van der Waals surface area contributed by atoms with Crippen LogP contribution in [-0.2, 0) is 19.1 Å². The molecule has 0 saturated heterocycles. The summed E-state index contributed by atoms with van der Waals surface area (Å²) in [5.74, 6) is 0.105. The Balaban J connectivity index is 1.76. The summed E-state index contributed by atoms with van der Waals surface area (Å²) in [5.41, 5.74) is 0. The molecule has 0 aliphatic rings. The molecule has 0 atom stereocenters. The van der Waals surface area contributed by atoms with E-state index >= 15 is 0 Å². The summed E-state index contributed by atoms with van der Waals surface area (Å²) >= 11 is 0. The van der Waals surface area contributed by atoms with Crippen molar-refractivity contribution in [3.05, 3.63) is 73.8 Å². The molecule has 3 rings (SSSR count). The van der Waals surface area contributed by atoms with Crippen molar-refractivity contribution in [3.8, 4) is 11.5 Å². The van der Waals surface area contributed by atoms with Crippen LogP contribution >= 0.6 is 0 Å². The Bertz CT molecular complexity index is 969. The summed E-state index contributed by atoms with van der Waals surface area (Å²) in [6.07, 6.45) is 2.16. The Labute approximate surface area is 161 Å². The molecule has 28 heavy (non-hydrogen) atoms. The first-order valence-corrected chi connectivity index (χ1v) is 8.41. The highest BCUT2D eigenvalue weighted by molar-refractivity contribution is 6.08. The van der Waals surface area contributed by atoms with E-state index in [9.17, 15) is 9.59 Å². The summed E-state index contributed by atoms with van der Waals surface area (Å²) in [5, 5.41) is 4.04. The molecule has 0 aromatic heterocycles. The maximum Gasteiger partial charge on any atom is 0.333 e. The molecule has 142 valence electrons. The first kappa shape index (κ1) is 19.0. The van der Waals surface area contributed by atoms with Crippen LogP contribution in [0.3, 0.4) is 0 Å². The van der Waals surface area contributed by atoms with Crippen LogP contribution in [0.2, 0.25) is 0 Å². The van der Waals surface area contributed by atoms with Crippen molar-refractivity contribution in [1.29, 1.82) is 0 Å². The van der Waals surface area contributed by atoms with Gasteiger partial charge in [0.05, 0.1) is 0 Å². The molecule has 3 aromatic rings. The number of hydrogen-bond donors (Lipinski definition) is 0. The maximum atomic E-state index is 11.0. The quantitative estimate of drug-likeness (QED) is 0.254. The Hall–Kier alpha value is -3.80. The van der Waals surface area contributed by atoms with Gasteiger partial charge in [-0.05, 0) is 45.8 Å². The number of benzene rings is 3. The van der Waals surface area contributed by atoms with Crippen LogP contribution in [0.25, 0.3) is 21.5 Å². The first-order valence-electron chi connectivity index (χ1n) is 8.41. The van der Waals surface area contributed by atoms with E-state index in [2.05, 4.69) is 13.2 Å². The van der Waals surface area contributed by atoms with Gasteiger partial charge in [-0.25, -0.2) is 9.59 Å². The number of carbonyl (C=O) groups excluding carboxylic acids is 2. The van der Waals surface area contributed by atoms with Gasteiger partial charge >= 0.3 is 11.9 Å². The average Bonchev–Trinajstić information content (AvgIpc) is 2.73. The third kappa shape index (κ3) is 4.48.